The van der Waals surface area contributed by atoms with E-state index in [2.05, 4.69) is 0 Å². The van der Waals surface area contributed by atoms with Gasteiger partial charge in [0.05, 0.1) is 19.1 Å². The Labute approximate surface area is 101 Å². The van der Waals surface area contributed by atoms with E-state index in [9.17, 15) is 5.11 Å². The van der Waals surface area contributed by atoms with Crippen molar-refractivity contribution in [1.82, 2.24) is 0 Å². The van der Waals surface area contributed by atoms with Crippen molar-refractivity contribution in [2.45, 2.75) is 17.7 Å². The fourth-order valence-corrected chi connectivity index (χ4v) is 2.49. The molecule has 4 heteroatoms. The summed E-state index contributed by atoms with van der Waals surface area (Å²) >= 11 is 1.60. The number of ether oxygens (including phenoxy) is 2. The van der Waals surface area contributed by atoms with Crippen molar-refractivity contribution in [3.05, 3.63) is 17.7 Å². The number of aliphatic hydroxyl groups excluding tert-OH is 1. The van der Waals surface area contributed by atoms with E-state index in [1.165, 1.54) is 0 Å². The lowest BCUT2D eigenvalue weighted by molar-refractivity contribution is 0.270. The number of thioether (sulfide) groups is 1. The van der Waals surface area contributed by atoms with Gasteiger partial charge in [0.2, 0.25) is 0 Å². The molecule has 1 atom stereocenters. The second kappa shape index (κ2) is 6.01. The smallest absolute Gasteiger partial charge is 0.174 e. The number of hydrogen-bond acceptors (Lipinski definition) is 4. The van der Waals surface area contributed by atoms with E-state index in [-0.39, 0.29) is 12.5 Å². The molecule has 0 aromatic heterocycles. The zero-order valence-electron chi connectivity index (χ0n) is 10.1. The molecule has 0 saturated heterocycles. The molecule has 16 heavy (non-hydrogen) atoms. The monoisotopic (exact) mass is 242 g/mol. The third-order valence-electron chi connectivity index (χ3n) is 2.54. The molecule has 0 spiro atoms. The second-order valence-corrected chi connectivity index (χ2v) is 4.32. The summed E-state index contributed by atoms with van der Waals surface area (Å²) in [5, 5.41) is 9.22. The van der Waals surface area contributed by atoms with E-state index in [4.69, 9.17) is 9.47 Å². The van der Waals surface area contributed by atoms with Crippen LogP contribution in [0.1, 0.15) is 18.4 Å². The molecule has 0 fully saturated rings. The summed E-state index contributed by atoms with van der Waals surface area (Å²) in [6.07, 6.45) is 1.99. The summed E-state index contributed by atoms with van der Waals surface area (Å²) in [5.41, 5.74) is 1.09. The average molecular weight is 242 g/mol. The number of aliphatic hydroxyl groups is 1. The van der Waals surface area contributed by atoms with Gasteiger partial charge in [-0.05, 0) is 17.9 Å². The van der Waals surface area contributed by atoms with E-state index in [1.807, 2.05) is 25.3 Å². The fourth-order valence-electron chi connectivity index (χ4n) is 1.61. The van der Waals surface area contributed by atoms with Crippen LogP contribution in [0.5, 0.6) is 11.5 Å². The summed E-state index contributed by atoms with van der Waals surface area (Å²) in [6.45, 7) is 2.12. The molecule has 1 unspecified atom stereocenters. The number of benzene rings is 1. The largest absolute Gasteiger partial charge is 0.493 e. The van der Waals surface area contributed by atoms with Gasteiger partial charge < -0.3 is 14.6 Å². The molecular weight excluding hydrogens is 224 g/mol. The van der Waals surface area contributed by atoms with Gasteiger partial charge in [0, 0.05) is 12.5 Å². The van der Waals surface area contributed by atoms with Crippen LogP contribution in [0.3, 0.4) is 0 Å². The van der Waals surface area contributed by atoms with Gasteiger partial charge in [-0.25, -0.2) is 0 Å². The Morgan fingerprint density at radius 3 is 2.44 bits per heavy atom. The van der Waals surface area contributed by atoms with Crippen molar-refractivity contribution >= 4 is 11.8 Å². The van der Waals surface area contributed by atoms with Crippen molar-refractivity contribution in [3.8, 4) is 11.5 Å². The summed E-state index contributed by atoms with van der Waals surface area (Å²) in [4.78, 5) is 1.03. The molecular formula is C12H18O3S. The minimum absolute atomic E-state index is 0.0993. The maximum absolute atomic E-state index is 9.22. The first-order chi connectivity index (χ1) is 7.69. The zero-order valence-corrected chi connectivity index (χ0v) is 10.9. The van der Waals surface area contributed by atoms with Gasteiger partial charge in [-0.15, -0.1) is 11.8 Å². The van der Waals surface area contributed by atoms with Gasteiger partial charge in [0.15, 0.2) is 11.5 Å². The van der Waals surface area contributed by atoms with Crippen LogP contribution in [-0.2, 0) is 0 Å². The van der Waals surface area contributed by atoms with Crippen LogP contribution < -0.4 is 9.47 Å². The highest BCUT2D eigenvalue weighted by molar-refractivity contribution is 7.98. The number of methoxy groups -OCH3 is 2. The van der Waals surface area contributed by atoms with Crippen molar-refractivity contribution in [2.75, 3.05) is 27.1 Å². The minimum atomic E-state index is 0.0993. The summed E-state index contributed by atoms with van der Waals surface area (Å²) in [5.74, 6) is 1.57. The molecule has 1 rings (SSSR count). The standard InChI is InChI=1S/C12H18O3S/c1-8(7-13)9-5-6-10(14-2)11(15-3)12(9)16-4/h5-6,8,13H,7H2,1-4H3. The zero-order chi connectivity index (χ0) is 12.1. The molecule has 0 saturated carbocycles. The maximum atomic E-state index is 9.22. The first-order valence-electron chi connectivity index (χ1n) is 5.09. The quantitative estimate of drug-likeness (QED) is 0.805. The predicted octanol–water partition coefficient (Wildman–Crippen LogP) is 2.52. The van der Waals surface area contributed by atoms with Crippen LogP contribution >= 0.6 is 11.8 Å². The van der Waals surface area contributed by atoms with E-state index in [0.717, 1.165) is 22.0 Å². The second-order valence-electron chi connectivity index (χ2n) is 3.51. The fraction of sp³-hybridized carbons (Fsp3) is 0.500. The molecule has 0 heterocycles. The molecule has 1 aromatic rings. The van der Waals surface area contributed by atoms with E-state index < -0.39 is 0 Å². The lowest BCUT2D eigenvalue weighted by Crippen LogP contribution is -2.03. The molecule has 0 amide bonds. The van der Waals surface area contributed by atoms with Crippen LogP contribution in [-0.4, -0.2) is 32.2 Å². The molecule has 0 bridgehead atoms. The van der Waals surface area contributed by atoms with Crippen molar-refractivity contribution < 1.29 is 14.6 Å². The van der Waals surface area contributed by atoms with E-state index in [0.29, 0.717) is 0 Å². The van der Waals surface area contributed by atoms with Crippen LogP contribution in [0.2, 0.25) is 0 Å². The Morgan fingerprint density at radius 1 is 1.31 bits per heavy atom. The van der Waals surface area contributed by atoms with Crippen molar-refractivity contribution in [1.29, 1.82) is 0 Å². The minimum Gasteiger partial charge on any atom is -0.493 e. The highest BCUT2D eigenvalue weighted by Crippen LogP contribution is 2.41. The van der Waals surface area contributed by atoms with Gasteiger partial charge in [0.1, 0.15) is 0 Å². The molecule has 0 aliphatic carbocycles. The Kier molecular flexibility index (Phi) is 4.96. The molecule has 90 valence electrons. The molecule has 0 aliphatic rings. The van der Waals surface area contributed by atoms with Crippen LogP contribution in [0.4, 0.5) is 0 Å². The Morgan fingerprint density at radius 2 is 2.00 bits per heavy atom. The maximum Gasteiger partial charge on any atom is 0.174 e. The number of hydrogen-bond donors (Lipinski definition) is 1. The summed E-state index contributed by atoms with van der Waals surface area (Å²) in [6, 6.07) is 3.86. The van der Waals surface area contributed by atoms with Crippen molar-refractivity contribution in [3.63, 3.8) is 0 Å². The van der Waals surface area contributed by atoms with Gasteiger partial charge in [0.25, 0.3) is 0 Å². The predicted molar refractivity (Wildman–Crippen MR) is 66.8 cm³/mol. The topological polar surface area (TPSA) is 38.7 Å². The normalized spacial score (nSPS) is 12.3. The molecule has 1 aromatic carbocycles. The summed E-state index contributed by atoms with van der Waals surface area (Å²) in [7, 11) is 3.25. The van der Waals surface area contributed by atoms with Gasteiger partial charge >= 0.3 is 0 Å². The SMILES string of the molecule is COc1ccc(C(C)CO)c(SC)c1OC. The van der Waals surface area contributed by atoms with Crippen molar-refractivity contribution in [2.24, 2.45) is 0 Å². The Hall–Kier alpha value is -0.870. The Bertz CT molecular complexity index is 352. The molecule has 0 radical (unpaired) electrons. The molecule has 0 aliphatic heterocycles. The first kappa shape index (κ1) is 13.2. The third-order valence-corrected chi connectivity index (χ3v) is 3.37. The first-order valence-corrected chi connectivity index (χ1v) is 6.31. The van der Waals surface area contributed by atoms with Crippen LogP contribution in [0.25, 0.3) is 0 Å². The third kappa shape index (κ3) is 2.44. The lowest BCUT2D eigenvalue weighted by atomic mass is 10.0. The van der Waals surface area contributed by atoms with Crippen LogP contribution in [0, 0.1) is 0 Å². The Balaban J connectivity index is 3.31. The van der Waals surface area contributed by atoms with Gasteiger partial charge in [-0.1, -0.05) is 13.0 Å². The van der Waals surface area contributed by atoms with Gasteiger partial charge in [-0.3, -0.25) is 0 Å². The van der Waals surface area contributed by atoms with Gasteiger partial charge in [-0.2, -0.15) is 0 Å². The molecule has 1 N–H and O–H groups in total. The molecule has 3 nitrogen and oxygen atoms in total. The lowest BCUT2D eigenvalue weighted by Gasteiger charge is -2.18. The van der Waals surface area contributed by atoms with Crippen LogP contribution in [0.15, 0.2) is 17.0 Å². The highest BCUT2D eigenvalue weighted by atomic mass is 32.2. The van der Waals surface area contributed by atoms with E-state index >= 15 is 0 Å². The van der Waals surface area contributed by atoms with E-state index in [1.54, 1.807) is 26.0 Å². The average Bonchev–Trinajstić information content (AvgIpc) is 2.35. The number of rotatable bonds is 5. The summed E-state index contributed by atoms with van der Waals surface area (Å²) < 4.78 is 10.6. The highest BCUT2D eigenvalue weighted by Gasteiger charge is 2.17.